The lowest BCUT2D eigenvalue weighted by Gasteiger charge is -2.22. The quantitative estimate of drug-likeness (QED) is 0.770. The third kappa shape index (κ3) is 3.59. The van der Waals surface area contributed by atoms with Gasteiger partial charge < -0.3 is 0 Å². The van der Waals surface area contributed by atoms with E-state index in [9.17, 15) is 21.8 Å². The molecule has 0 aliphatic rings. The van der Waals surface area contributed by atoms with E-state index in [0.29, 0.717) is 4.90 Å². The first-order chi connectivity index (χ1) is 9.81. The van der Waals surface area contributed by atoms with E-state index in [2.05, 4.69) is 0 Å². The van der Waals surface area contributed by atoms with Gasteiger partial charge in [0.2, 0.25) is 0 Å². The van der Waals surface area contributed by atoms with E-state index in [-0.39, 0.29) is 0 Å². The van der Waals surface area contributed by atoms with Crippen molar-refractivity contribution in [1.29, 1.82) is 0 Å². The molecular weight excluding hydrogens is 306 g/mol. The molecule has 114 valence electrons. The molecule has 1 atom stereocenters. The second-order valence-corrected chi connectivity index (χ2v) is 6.20. The molecule has 0 N–H and O–H groups in total. The Labute approximate surface area is 122 Å². The Balaban J connectivity index is 2.21. The summed E-state index contributed by atoms with van der Waals surface area (Å²) in [6.45, 7) is -1.27. The van der Waals surface area contributed by atoms with Crippen molar-refractivity contribution >= 4 is 21.8 Å². The molecule has 0 aliphatic carbocycles. The highest BCUT2D eigenvalue weighted by atomic mass is 32.2. The van der Waals surface area contributed by atoms with Crippen molar-refractivity contribution in [2.45, 2.75) is 17.2 Å². The first-order valence-electron chi connectivity index (χ1n) is 6.09. The van der Waals surface area contributed by atoms with Crippen LogP contribution in [0.15, 0.2) is 47.4 Å². The Morgan fingerprint density at radius 2 is 1.76 bits per heavy atom. The van der Waals surface area contributed by atoms with Crippen molar-refractivity contribution in [3.8, 4) is 0 Å². The lowest BCUT2D eigenvalue weighted by molar-refractivity contribution is -0.132. The summed E-state index contributed by atoms with van der Waals surface area (Å²) in [6.07, 6.45) is -3.78. The van der Waals surface area contributed by atoms with E-state index in [0.717, 1.165) is 22.1 Å². The summed E-state index contributed by atoms with van der Waals surface area (Å²) in [5, 5.41) is 1.72. The molecule has 2 aromatic carbocycles. The van der Waals surface area contributed by atoms with Gasteiger partial charge in [0.25, 0.3) is 0 Å². The summed E-state index contributed by atoms with van der Waals surface area (Å²) >= 11 is 0. The minimum Gasteiger partial charge on any atom is -0.237 e. The Morgan fingerprint density at radius 3 is 2.38 bits per heavy atom. The van der Waals surface area contributed by atoms with E-state index >= 15 is 0 Å². The molecule has 7 heteroatoms. The van der Waals surface area contributed by atoms with Crippen LogP contribution in [-0.4, -0.2) is 34.5 Å². The number of hydrogen-bond donors (Lipinski definition) is 0. The maximum atomic E-state index is 13.0. The minimum absolute atomic E-state index is 0.293. The van der Waals surface area contributed by atoms with E-state index < -0.39 is 29.9 Å². The number of rotatable bonds is 5. The number of fused-ring (bicyclic) bond motifs is 1. The van der Waals surface area contributed by atoms with Gasteiger partial charge in [-0.2, -0.15) is 8.78 Å². The van der Waals surface area contributed by atoms with Crippen LogP contribution in [0, 0.1) is 0 Å². The van der Waals surface area contributed by atoms with Crippen molar-refractivity contribution in [1.82, 2.24) is 4.31 Å². The fourth-order valence-electron chi connectivity index (χ4n) is 1.88. The Bertz CT molecular complexity index is 662. The third-order valence-electron chi connectivity index (χ3n) is 2.96. The third-order valence-corrected chi connectivity index (χ3v) is 4.31. The molecule has 0 heterocycles. The monoisotopic (exact) mass is 319 g/mol. The molecule has 0 saturated heterocycles. The van der Waals surface area contributed by atoms with Gasteiger partial charge in [-0.15, -0.1) is 0 Å². The van der Waals surface area contributed by atoms with E-state index in [4.69, 9.17) is 0 Å². The van der Waals surface area contributed by atoms with Crippen molar-refractivity contribution in [3.05, 3.63) is 42.5 Å². The van der Waals surface area contributed by atoms with E-state index in [1.807, 2.05) is 12.1 Å². The summed E-state index contributed by atoms with van der Waals surface area (Å²) in [5.41, 5.74) is 0. The molecule has 0 unspecified atom stereocenters. The first kappa shape index (κ1) is 15.9. The number of benzene rings is 2. The average molecular weight is 319 g/mol. The van der Waals surface area contributed by atoms with Gasteiger partial charge >= 0.3 is 12.3 Å². The van der Waals surface area contributed by atoms with Crippen molar-refractivity contribution in [3.63, 3.8) is 0 Å². The molecule has 0 fully saturated rings. The van der Waals surface area contributed by atoms with Crippen molar-refractivity contribution < 1.29 is 21.8 Å². The second kappa shape index (κ2) is 6.11. The predicted molar refractivity (Wildman–Crippen MR) is 73.9 cm³/mol. The lowest BCUT2D eigenvalue weighted by atomic mass is 10.1. The zero-order valence-corrected chi connectivity index (χ0v) is 11.9. The highest BCUT2D eigenvalue weighted by Crippen LogP contribution is 2.26. The molecule has 0 saturated carbocycles. The van der Waals surface area contributed by atoms with Gasteiger partial charge in [-0.3, -0.25) is 0 Å². The van der Waals surface area contributed by atoms with Gasteiger partial charge in [-0.25, -0.2) is 17.3 Å². The maximum Gasteiger partial charge on any atom is 0.320 e. The summed E-state index contributed by atoms with van der Waals surface area (Å²) in [6, 6.07) is 12.1. The van der Waals surface area contributed by atoms with Gasteiger partial charge in [0, 0.05) is 7.05 Å². The Kier molecular flexibility index (Phi) is 4.63. The summed E-state index contributed by atoms with van der Waals surface area (Å²) < 4.78 is 63.2. The molecule has 2 nitrogen and oxygen atoms in total. The fourth-order valence-corrected chi connectivity index (χ4v) is 2.94. The zero-order valence-electron chi connectivity index (χ0n) is 11.1. The summed E-state index contributed by atoms with van der Waals surface area (Å²) in [7, 11) is -0.801. The molecule has 0 bridgehead atoms. The minimum atomic E-state index is -4.19. The molecule has 2 aromatic rings. The summed E-state index contributed by atoms with van der Waals surface area (Å²) in [5.74, 6) is -4.19. The largest absolute Gasteiger partial charge is 0.320 e. The van der Waals surface area contributed by atoms with Crippen LogP contribution >= 0.6 is 0 Å². The van der Waals surface area contributed by atoms with Gasteiger partial charge in [0.1, 0.15) is 11.0 Å². The standard InChI is InChI=1S/C14H13F4NOS/c1-19(9-14(17,18)13(15)16)21(20)12-7-6-10-4-2-3-5-11(10)8-12/h2-8,13H,9H2,1H3/t21-/m1/s1. The molecule has 2 rings (SSSR count). The molecule has 0 amide bonds. The lowest BCUT2D eigenvalue weighted by Crippen LogP contribution is -2.40. The van der Waals surface area contributed by atoms with Crippen LogP contribution in [0.25, 0.3) is 10.8 Å². The van der Waals surface area contributed by atoms with Crippen molar-refractivity contribution in [2.75, 3.05) is 13.6 Å². The van der Waals surface area contributed by atoms with Gasteiger partial charge in [-0.1, -0.05) is 30.3 Å². The first-order valence-corrected chi connectivity index (χ1v) is 7.20. The predicted octanol–water partition coefficient (Wildman–Crippen LogP) is 3.69. The molecule has 0 aromatic heterocycles. The average Bonchev–Trinajstić information content (AvgIpc) is 2.45. The molecule has 0 aliphatic heterocycles. The Morgan fingerprint density at radius 1 is 1.14 bits per heavy atom. The zero-order chi connectivity index (χ0) is 15.6. The van der Waals surface area contributed by atoms with E-state index in [1.54, 1.807) is 24.3 Å². The van der Waals surface area contributed by atoms with Gasteiger partial charge in [0.05, 0.1) is 11.4 Å². The fraction of sp³-hybridized carbons (Fsp3) is 0.286. The van der Waals surface area contributed by atoms with Crippen molar-refractivity contribution in [2.24, 2.45) is 0 Å². The van der Waals surface area contributed by atoms with Crippen LogP contribution in [0.4, 0.5) is 17.6 Å². The van der Waals surface area contributed by atoms with Crippen LogP contribution in [-0.2, 0) is 11.0 Å². The number of nitrogens with zero attached hydrogens (tertiary/aromatic N) is 1. The molecular formula is C14H13F4NOS. The molecule has 0 radical (unpaired) electrons. The molecule has 0 spiro atoms. The number of halogens is 4. The van der Waals surface area contributed by atoms with Crippen LogP contribution in [0.2, 0.25) is 0 Å². The van der Waals surface area contributed by atoms with Crippen LogP contribution in [0.3, 0.4) is 0 Å². The number of alkyl halides is 4. The SMILES string of the molecule is CN(CC(F)(F)C(F)F)[S@](=O)c1ccc2ccccc2c1. The normalized spacial score (nSPS) is 14.0. The van der Waals surface area contributed by atoms with Crippen LogP contribution in [0.5, 0.6) is 0 Å². The van der Waals surface area contributed by atoms with Gasteiger partial charge in [0.15, 0.2) is 0 Å². The topological polar surface area (TPSA) is 20.3 Å². The molecule has 21 heavy (non-hydrogen) atoms. The highest BCUT2D eigenvalue weighted by Gasteiger charge is 2.42. The van der Waals surface area contributed by atoms with Crippen LogP contribution < -0.4 is 0 Å². The van der Waals surface area contributed by atoms with E-state index in [1.165, 1.54) is 6.07 Å². The Hall–Kier alpha value is -1.47. The van der Waals surface area contributed by atoms with Crippen LogP contribution in [0.1, 0.15) is 0 Å². The second-order valence-electron chi connectivity index (χ2n) is 4.61. The smallest absolute Gasteiger partial charge is 0.237 e. The number of hydrogen-bond acceptors (Lipinski definition) is 1. The maximum absolute atomic E-state index is 13.0. The highest BCUT2D eigenvalue weighted by molar-refractivity contribution is 7.82. The summed E-state index contributed by atoms with van der Waals surface area (Å²) in [4.78, 5) is 0.293. The van der Waals surface area contributed by atoms with Gasteiger partial charge in [-0.05, 0) is 22.9 Å².